The van der Waals surface area contributed by atoms with Crippen molar-refractivity contribution < 1.29 is 9.15 Å². The minimum Gasteiger partial charge on any atom is -0.459 e. The van der Waals surface area contributed by atoms with Gasteiger partial charge in [0.2, 0.25) is 0 Å². The minimum absolute atomic E-state index is 0.574. The number of halogens is 1. The molecule has 0 atom stereocenters. The van der Waals surface area contributed by atoms with Crippen LogP contribution in [-0.4, -0.2) is 32.8 Å². The first-order chi connectivity index (χ1) is 11.2. The molecule has 2 rings (SSSR count). The molecule has 0 radical (unpaired) electrons. The normalized spacial score (nSPS) is 11.5. The maximum absolute atomic E-state index is 5.86. The van der Waals surface area contributed by atoms with Gasteiger partial charge in [-0.2, -0.15) is 0 Å². The summed E-state index contributed by atoms with van der Waals surface area (Å²) in [5.41, 5.74) is 1.05. The number of rotatable bonds is 7. The SMILES string of the molecule is CCOCCNC(=NC)NCc1ccc(-c2ccc(Br)cc2)o1. The van der Waals surface area contributed by atoms with E-state index in [1.807, 2.05) is 43.3 Å². The van der Waals surface area contributed by atoms with E-state index in [1.165, 1.54) is 0 Å². The Morgan fingerprint density at radius 3 is 2.65 bits per heavy atom. The Balaban J connectivity index is 1.85. The molecule has 1 aromatic heterocycles. The van der Waals surface area contributed by atoms with Gasteiger partial charge in [0, 0.05) is 30.2 Å². The summed E-state index contributed by atoms with van der Waals surface area (Å²) < 4.78 is 12.2. The highest BCUT2D eigenvalue weighted by Gasteiger charge is 2.05. The van der Waals surface area contributed by atoms with Gasteiger partial charge in [0.1, 0.15) is 11.5 Å². The van der Waals surface area contributed by atoms with Crippen LogP contribution in [0.15, 0.2) is 50.3 Å². The van der Waals surface area contributed by atoms with Crippen molar-refractivity contribution >= 4 is 21.9 Å². The van der Waals surface area contributed by atoms with Gasteiger partial charge >= 0.3 is 0 Å². The average molecular weight is 380 g/mol. The van der Waals surface area contributed by atoms with Gasteiger partial charge in [0.25, 0.3) is 0 Å². The molecule has 0 saturated heterocycles. The predicted octanol–water partition coefficient (Wildman–Crippen LogP) is 3.41. The lowest BCUT2D eigenvalue weighted by Crippen LogP contribution is -2.38. The number of ether oxygens (including phenoxy) is 1. The van der Waals surface area contributed by atoms with E-state index < -0.39 is 0 Å². The van der Waals surface area contributed by atoms with Crippen molar-refractivity contribution in [2.24, 2.45) is 4.99 Å². The van der Waals surface area contributed by atoms with Crippen LogP contribution in [0.25, 0.3) is 11.3 Å². The Hall–Kier alpha value is -1.79. The van der Waals surface area contributed by atoms with E-state index in [4.69, 9.17) is 9.15 Å². The quantitative estimate of drug-likeness (QED) is 0.439. The number of benzene rings is 1. The summed E-state index contributed by atoms with van der Waals surface area (Å²) >= 11 is 3.43. The van der Waals surface area contributed by atoms with Crippen LogP contribution in [0.4, 0.5) is 0 Å². The van der Waals surface area contributed by atoms with Crippen molar-refractivity contribution in [3.63, 3.8) is 0 Å². The third kappa shape index (κ3) is 5.73. The first-order valence-electron chi connectivity index (χ1n) is 7.60. The molecule has 5 nitrogen and oxygen atoms in total. The van der Waals surface area contributed by atoms with Gasteiger partial charge in [-0.05, 0) is 31.2 Å². The second kappa shape index (κ2) is 9.37. The summed E-state index contributed by atoms with van der Waals surface area (Å²) in [4.78, 5) is 4.17. The summed E-state index contributed by atoms with van der Waals surface area (Å²) in [6, 6.07) is 12.0. The predicted molar refractivity (Wildman–Crippen MR) is 96.5 cm³/mol. The molecule has 124 valence electrons. The van der Waals surface area contributed by atoms with E-state index >= 15 is 0 Å². The molecule has 0 fully saturated rings. The Morgan fingerprint density at radius 1 is 1.17 bits per heavy atom. The van der Waals surface area contributed by atoms with Crippen LogP contribution in [0.5, 0.6) is 0 Å². The van der Waals surface area contributed by atoms with Gasteiger partial charge in [0.05, 0.1) is 13.2 Å². The van der Waals surface area contributed by atoms with Gasteiger partial charge in [-0.3, -0.25) is 4.99 Å². The number of nitrogens with zero attached hydrogens (tertiary/aromatic N) is 1. The first-order valence-corrected chi connectivity index (χ1v) is 8.39. The van der Waals surface area contributed by atoms with E-state index in [0.29, 0.717) is 13.2 Å². The molecule has 0 spiro atoms. The van der Waals surface area contributed by atoms with Crippen LogP contribution < -0.4 is 10.6 Å². The van der Waals surface area contributed by atoms with Gasteiger partial charge in [0.15, 0.2) is 5.96 Å². The van der Waals surface area contributed by atoms with Crippen molar-refractivity contribution in [1.82, 2.24) is 10.6 Å². The summed E-state index contributed by atoms with van der Waals surface area (Å²) in [5.74, 6) is 2.44. The Morgan fingerprint density at radius 2 is 1.96 bits per heavy atom. The molecule has 2 aromatic rings. The van der Waals surface area contributed by atoms with Crippen molar-refractivity contribution in [2.75, 3.05) is 26.8 Å². The third-order valence-electron chi connectivity index (χ3n) is 3.19. The lowest BCUT2D eigenvalue weighted by molar-refractivity contribution is 0.152. The van der Waals surface area contributed by atoms with Gasteiger partial charge in [-0.1, -0.05) is 28.1 Å². The highest BCUT2D eigenvalue weighted by atomic mass is 79.9. The molecular weight excluding hydrogens is 358 g/mol. The second-order valence-corrected chi connectivity index (χ2v) is 5.74. The molecule has 1 aromatic carbocycles. The smallest absolute Gasteiger partial charge is 0.191 e. The van der Waals surface area contributed by atoms with Crippen LogP contribution in [0.2, 0.25) is 0 Å². The molecule has 6 heteroatoms. The molecule has 0 aliphatic rings. The van der Waals surface area contributed by atoms with Crippen LogP contribution >= 0.6 is 15.9 Å². The summed E-state index contributed by atoms with van der Waals surface area (Å²) in [5, 5.41) is 6.40. The fraction of sp³-hybridized carbons (Fsp3) is 0.353. The third-order valence-corrected chi connectivity index (χ3v) is 3.72. The number of guanidine groups is 1. The van der Waals surface area contributed by atoms with Crippen LogP contribution in [0.1, 0.15) is 12.7 Å². The van der Waals surface area contributed by atoms with Crippen molar-refractivity contribution in [3.05, 3.63) is 46.6 Å². The highest BCUT2D eigenvalue weighted by Crippen LogP contribution is 2.23. The van der Waals surface area contributed by atoms with E-state index in [9.17, 15) is 0 Å². The topological polar surface area (TPSA) is 58.8 Å². The summed E-state index contributed by atoms with van der Waals surface area (Å²) in [6.45, 7) is 4.65. The molecule has 2 N–H and O–H groups in total. The Kier molecular flexibility index (Phi) is 7.16. The van der Waals surface area contributed by atoms with E-state index in [2.05, 4.69) is 31.6 Å². The average Bonchev–Trinajstić information content (AvgIpc) is 3.04. The fourth-order valence-electron chi connectivity index (χ4n) is 2.02. The van der Waals surface area contributed by atoms with Crippen molar-refractivity contribution in [2.45, 2.75) is 13.5 Å². The fourth-order valence-corrected chi connectivity index (χ4v) is 2.28. The molecular formula is C17H22BrN3O2. The van der Waals surface area contributed by atoms with Crippen LogP contribution in [0, 0.1) is 0 Å². The Labute approximate surface area is 145 Å². The zero-order valence-electron chi connectivity index (χ0n) is 13.4. The van der Waals surface area contributed by atoms with E-state index in [0.717, 1.165) is 40.7 Å². The molecule has 0 bridgehead atoms. The van der Waals surface area contributed by atoms with Gasteiger partial charge in [-0.25, -0.2) is 0 Å². The first kappa shape index (κ1) is 17.6. The minimum atomic E-state index is 0.574. The largest absolute Gasteiger partial charge is 0.459 e. The molecule has 0 aliphatic heterocycles. The highest BCUT2D eigenvalue weighted by molar-refractivity contribution is 9.10. The number of furan rings is 1. The molecule has 23 heavy (non-hydrogen) atoms. The molecule has 0 saturated carbocycles. The standard InChI is InChI=1S/C17H22BrN3O2/c1-3-22-11-10-20-17(19-2)21-12-15-8-9-16(23-15)13-4-6-14(18)7-5-13/h4-9H,3,10-12H2,1-2H3,(H2,19,20,21). The van der Waals surface area contributed by atoms with Gasteiger partial charge < -0.3 is 19.8 Å². The van der Waals surface area contributed by atoms with Crippen molar-refractivity contribution in [1.29, 1.82) is 0 Å². The summed E-state index contributed by atoms with van der Waals surface area (Å²) in [6.07, 6.45) is 0. The summed E-state index contributed by atoms with van der Waals surface area (Å²) in [7, 11) is 1.74. The molecule has 1 heterocycles. The van der Waals surface area contributed by atoms with E-state index in [-0.39, 0.29) is 0 Å². The molecule has 0 unspecified atom stereocenters. The monoisotopic (exact) mass is 379 g/mol. The lowest BCUT2D eigenvalue weighted by atomic mass is 10.2. The second-order valence-electron chi connectivity index (χ2n) is 4.82. The zero-order valence-corrected chi connectivity index (χ0v) is 15.0. The maximum atomic E-state index is 5.86. The van der Waals surface area contributed by atoms with Crippen LogP contribution in [-0.2, 0) is 11.3 Å². The number of hydrogen-bond acceptors (Lipinski definition) is 3. The number of nitrogens with one attached hydrogen (secondary N) is 2. The van der Waals surface area contributed by atoms with Gasteiger partial charge in [-0.15, -0.1) is 0 Å². The zero-order chi connectivity index (χ0) is 16.5. The van der Waals surface area contributed by atoms with Crippen molar-refractivity contribution in [3.8, 4) is 11.3 Å². The number of aliphatic imine (C=N–C) groups is 1. The Bertz CT molecular complexity index is 623. The molecule has 0 aliphatic carbocycles. The maximum Gasteiger partial charge on any atom is 0.191 e. The van der Waals surface area contributed by atoms with E-state index in [1.54, 1.807) is 7.05 Å². The number of hydrogen-bond donors (Lipinski definition) is 2. The lowest BCUT2D eigenvalue weighted by Gasteiger charge is -2.10. The van der Waals surface area contributed by atoms with Crippen LogP contribution in [0.3, 0.4) is 0 Å². The molecule has 0 amide bonds.